The maximum Gasteiger partial charge on any atom is 0.240 e. The molecule has 4 fully saturated rings. The molecular weight excluding hydrogens is 696 g/mol. The summed E-state index contributed by atoms with van der Waals surface area (Å²) in [7, 11) is 0.296. The maximum absolute atomic E-state index is 16.2. The van der Waals surface area contributed by atoms with Gasteiger partial charge in [-0.2, -0.15) is 0 Å². The van der Waals surface area contributed by atoms with Gasteiger partial charge in [-0.05, 0) is 86.6 Å². The quantitative estimate of drug-likeness (QED) is 0.154. The van der Waals surface area contributed by atoms with Gasteiger partial charge in [0.15, 0.2) is 11.6 Å². The normalized spacial score (nSPS) is 25.9. The fourth-order valence-corrected chi connectivity index (χ4v) is 11.3. The van der Waals surface area contributed by atoms with Crippen LogP contribution in [0.2, 0.25) is 25.2 Å². The second-order valence-corrected chi connectivity index (χ2v) is 21.6. The van der Waals surface area contributed by atoms with Gasteiger partial charge in [0.2, 0.25) is 5.91 Å². The van der Waals surface area contributed by atoms with Gasteiger partial charge in [-0.25, -0.2) is 18.2 Å². The lowest BCUT2D eigenvalue weighted by molar-refractivity contribution is -0.119. The number of imidazole rings is 1. The van der Waals surface area contributed by atoms with Crippen molar-refractivity contribution in [3.63, 3.8) is 0 Å². The first kappa shape index (κ1) is 35.9. The van der Waals surface area contributed by atoms with Crippen LogP contribution in [0.1, 0.15) is 67.2 Å². The highest BCUT2D eigenvalue weighted by atomic mass is 28.3. The summed E-state index contributed by atoms with van der Waals surface area (Å²) >= 11 is 0. The number of fused-ring (bicyclic) bond motifs is 1. The number of hydrogen-bond donors (Lipinski definition) is 3. The van der Waals surface area contributed by atoms with Gasteiger partial charge in [0, 0.05) is 55.7 Å². The van der Waals surface area contributed by atoms with Gasteiger partial charge in [0.25, 0.3) is 0 Å². The van der Waals surface area contributed by atoms with E-state index < -0.39 is 37.6 Å². The number of rotatable bonds is 9. The number of H-pyrrole nitrogens is 1. The third-order valence-electron chi connectivity index (χ3n) is 12.2. The molecule has 1 unspecified atom stereocenters. The summed E-state index contributed by atoms with van der Waals surface area (Å²) in [6.45, 7) is 8.04. The molecule has 4 aliphatic rings. The van der Waals surface area contributed by atoms with E-state index in [1.54, 1.807) is 7.11 Å². The van der Waals surface area contributed by atoms with Crippen LogP contribution in [0.15, 0.2) is 48.5 Å². The molecule has 1 aromatic heterocycles. The van der Waals surface area contributed by atoms with Gasteiger partial charge in [-0.3, -0.25) is 4.79 Å². The highest BCUT2D eigenvalue weighted by Gasteiger charge is 2.40. The monoisotopic (exact) mass is 745 g/mol. The largest absolute Gasteiger partial charge is 0.384 e. The zero-order valence-electron chi connectivity index (χ0n) is 30.8. The van der Waals surface area contributed by atoms with E-state index in [0.29, 0.717) is 62.3 Å². The van der Waals surface area contributed by atoms with Crippen molar-refractivity contribution in [2.45, 2.75) is 81.5 Å². The Labute approximate surface area is 310 Å². The number of methoxy groups -OCH3 is 1. The van der Waals surface area contributed by atoms with E-state index in [-0.39, 0.29) is 29.6 Å². The molecule has 4 aromatic rings. The fourth-order valence-electron chi connectivity index (χ4n) is 9.27. The second-order valence-electron chi connectivity index (χ2n) is 16.3. The van der Waals surface area contributed by atoms with Crippen molar-refractivity contribution in [1.29, 1.82) is 0 Å². The molecule has 0 saturated carbocycles. The molecule has 4 N–H and O–H groups in total. The van der Waals surface area contributed by atoms with Gasteiger partial charge in [-0.1, -0.05) is 25.2 Å². The lowest BCUT2D eigenvalue weighted by Crippen LogP contribution is -2.43. The van der Waals surface area contributed by atoms with Gasteiger partial charge in [0.05, 0.1) is 43.8 Å². The lowest BCUT2D eigenvalue weighted by Gasteiger charge is -2.38. The minimum atomic E-state index is -1.36. The van der Waals surface area contributed by atoms with E-state index in [0.717, 1.165) is 54.1 Å². The van der Waals surface area contributed by atoms with Gasteiger partial charge < -0.3 is 35.5 Å². The molecule has 0 bridgehead atoms. The van der Waals surface area contributed by atoms with Crippen LogP contribution in [0.5, 0.6) is 0 Å². The van der Waals surface area contributed by atoms with Crippen LogP contribution in [-0.4, -0.2) is 69.9 Å². The molecule has 9 nitrogen and oxygen atoms in total. The second kappa shape index (κ2) is 14.3. The molecular formula is C40H50F3N7O2Si. The summed E-state index contributed by atoms with van der Waals surface area (Å²) < 4.78 is 54.0. The summed E-state index contributed by atoms with van der Waals surface area (Å²) in [4.78, 5) is 26.4. The van der Waals surface area contributed by atoms with Crippen LogP contribution in [-0.2, 0) is 9.53 Å². The Balaban J connectivity index is 1.15. The van der Waals surface area contributed by atoms with E-state index in [1.807, 2.05) is 45.0 Å². The highest BCUT2D eigenvalue weighted by molar-refractivity contribution is 6.77. The summed E-state index contributed by atoms with van der Waals surface area (Å²) in [5.41, 5.74) is 9.78. The zero-order chi connectivity index (χ0) is 37.0. The number of hydrogen-bond acceptors (Lipinski definition) is 7. The third kappa shape index (κ3) is 6.91. The Morgan fingerprint density at radius 3 is 2.34 bits per heavy atom. The summed E-state index contributed by atoms with van der Waals surface area (Å²) in [5, 5.41) is 3.45. The number of anilines is 3. The summed E-state index contributed by atoms with van der Waals surface area (Å²) in [6, 6.07) is 15.0. The number of amides is 1. The molecule has 8 rings (SSSR count). The molecule has 5 heterocycles. The van der Waals surface area contributed by atoms with Crippen LogP contribution in [0.25, 0.3) is 11.0 Å². The fraction of sp³-hybridized carbons (Fsp3) is 0.500. The van der Waals surface area contributed by atoms with Crippen LogP contribution in [0.3, 0.4) is 0 Å². The number of carbonyl (C=O) groups excluding carboxylic acids is 1. The molecule has 5 atom stereocenters. The molecule has 4 saturated heterocycles. The lowest BCUT2D eigenvalue weighted by atomic mass is 10.0. The number of ether oxygens (including phenoxy) is 1. The maximum atomic E-state index is 16.2. The van der Waals surface area contributed by atoms with Crippen molar-refractivity contribution >= 4 is 42.1 Å². The Morgan fingerprint density at radius 2 is 1.68 bits per heavy atom. The topological polar surface area (TPSA) is 103 Å². The molecule has 13 heteroatoms. The van der Waals surface area contributed by atoms with Crippen molar-refractivity contribution in [3.05, 3.63) is 82.9 Å². The number of benzene rings is 3. The van der Waals surface area contributed by atoms with Crippen LogP contribution in [0, 0.1) is 23.4 Å². The Hall–Kier alpha value is -4.07. The minimum Gasteiger partial charge on any atom is -0.384 e. The number of aromatic amines is 1. The molecule has 0 radical (unpaired) electrons. The molecule has 0 spiro atoms. The standard InChI is InChI=1S/C40H50F3N7O2Si/c1-52-23-24-17-37(39(44)51)49(22-24)26-8-6-25(7-9-26)35-10-11-36(28-20-33-34(21-29(28)41)47-40(46-33)32-5-4-12-45-32)50(35)27-18-30(42)38(31(43)19-27)48-13-15-53(2,3)16-14-48/h6-9,18-21,24,32,35-37,45H,4-5,10-17,22-23H2,1-3H3,(H2,44,51)(H,46,47)/t24-,32?,35+,36+,37-/m0/s1. The Bertz CT molecular complexity index is 1950. The molecule has 1 amide bonds. The van der Waals surface area contributed by atoms with E-state index in [4.69, 9.17) is 15.5 Å². The van der Waals surface area contributed by atoms with Crippen LogP contribution < -0.4 is 25.8 Å². The summed E-state index contributed by atoms with van der Waals surface area (Å²) in [6.07, 6.45) is 3.86. The number of nitrogens with zero attached hydrogens (tertiary/aromatic N) is 4. The number of nitrogens with two attached hydrogens (primary N) is 1. The van der Waals surface area contributed by atoms with Crippen LogP contribution >= 0.6 is 0 Å². The van der Waals surface area contributed by atoms with Gasteiger partial charge >= 0.3 is 0 Å². The molecule has 53 heavy (non-hydrogen) atoms. The van der Waals surface area contributed by atoms with Crippen molar-refractivity contribution < 1.29 is 22.7 Å². The first-order chi connectivity index (χ1) is 25.5. The van der Waals surface area contributed by atoms with Crippen LogP contribution in [0.4, 0.5) is 30.2 Å². The number of nitrogens with one attached hydrogen (secondary N) is 2. The van der Waals surface area contributed by atoms with Crippen molar-refractivity contribution in [2.75, 3.05) is 54.6 Å². The summed E-state index contributed by atoms with van der Waals surface area (Å²) in [5.74, 6) is -0.988. The third-order valence-corrected chi connectivity index (χ3v) is 15.4. The van der Waals surface area contributed by atoms with E-state index in [1.165, 1.54) is 18.2 Å². The number of primary amides is 1. The average molecular weight is 746 g/mol. The predicted octanol–water partition coefficient (Wildman–Crippen LogP) is 7.34. The average Bonchev–Trinajstić information content (AvgIpc) is 3.94. The first-order valence-electron chi connectivity index (χ1n) is 19.1. The Morgan fingerprint density at radius 1 is 0.962 bits per heavy atom. The van der Waals surface area contributed by atoms with Crippen molar-refractivity contribution in [3.8, 4) is 0 Å². The molecule has 3 aromatic carbocycles. The van der Waals surface area contributed by atoms with Gasteiger partial charge in [-0.15, -0.1) is 0 Å². The Kier molecular flexibility index (Phi) is 9.69. The van der Waals surface area contributed by atoms with Crippen molar-refractivity contribution in [2.24, 2.45) is 11.7 Å². The van der Waals surface area contributed by atoms with E-state index in [2.05, 4.69) is 23.4 Å². The SMILES string of the molecule is COC[C@H]1C[C@@H](C(N)=O)N(c2ccc([C@H]3CC[C@H](c4cc5[nH]c(C6CCCN6)nc5cc4F)N3c3cc(F)c(N4CC[Si](C)(C)CC4)c(F)c3)cc2)C1. The highest BCUT2D eigenvalue weighted by Crippen LogP contribution is 2.49. The molecule has 4 aliphatic heterocycles. The smallest absolute Gasteiger partial charge is 0.240 e. The zero-order valence-corrected chi connectivity index (χ0v) is 31.8. The van der Waals surface area contributed by atoms with E-state index in [9.17, 15) is 4.79 Å². The van der Waals surface area contributed by atoms with Gasteiger partial charge in [0.1, 0.15) is 23.4 Å². The van der Waals surface area contributed by atoms with Crippen molar-refractivity contribution in [1.82, 2.24) is 15.3 Å². The number of aromatic nitrogens is 2. The predicted molar refractivity (Wildman–Crippen MR) is 206 cm³/mol. The van der Waals surface area contributed by atoms with E-state index >= 15 is 13.2 Å². The number of halogens is 3. The molecule has 282 valence electrons. The minimum absolute atomic E-state index is 0.0226. The molecule has 0 aliphatic carbocycles. The number of carbonyl (C=O) groups is 1. The first-order valence-corrected chi connectivity index (χ1v) is 22.5.